The molecule has 0 spiro atoms. The normalized spacial score (nSPS) is 11.8. The Balaban J connectivity index is 1.72. The molecule has 0 aliphatic carbocycles. The fraction of sp³-hybridized carbons (Fsp3) is 0.304. The SMILES string of the molecule is COCC#Cc1cc(Cl)c(Nc2ncnc3cc(OCCOC)c(OC)cc23)c2c1OCO2. The minimum Gasteiger partial charge on any atom is -0.493 e. The molecule has 10 heteroatoms. The van der Waals surface area contributed by atoms with Crippen LogP contribution in [0.1, 0.15) is 5.56 Å². The lowest BCUT2D eigenvalue weighted by molar-refractivity contribution is 0.144. The Morgan fingerprint density at radius 3 is 2.67 bits per heavy atom. The van der Waals surface area contributed by atoms with Gasteiger partial charge >= 0.3 is 0 Å². The fourth-order valence-corrected chi connectivity index (χ4v) is 3.48. The highest BCUT2D eigenvalue weighted by molar-refractivity contribution is 6.34. The topological polar surface area (TPSA) is 93.2 Å². The number of anilines is 2. The first-order valence-corrected chi connectivity index (χ1v) is 10.4. The van der Waals surface area contributed by atoms with Gasteiger partial charge in [0, 0.05) is 25.7 Å². The summed E-state index contributed by atoms with van der Waals surface area (Å²) in [5, 5.41) is 4.37. The second kappa shape index (κ2) is 10.4. The van der Waals surface area contributed by atoms with Crippen LogP contribution in [0.25, 0.3) is 10.9 Å². The molecule has 9 nitrogen and oxygen atoms in total. The molecule has 0 bridgehead atoms. The number of nitrogens with zero attached hydrogens (tertiary/aromatic N) is 2. The van der Waals surface area contributed by atoms with Crippen molar-refractivity contribution in [1.29, 1.82) is 0 Å². The van der Waals surface area contributed by atoms with E-state index in [0.29, 0.717) is 75.8 Å². The van der Waals surface area contributed by atoms with Crippen LogP contribution < -0.4 is 24.3 Å². The first kappa shape index (κ1) is 22.7. The van der Waals surface area contributed by atoms with E-state index in [0.717, 1.165) is 0 Å². The molecule has 2 aromatic carbocycles. The van der Waals surface area contributed by atoms with E-state index < -0.39 is 0 Å². The van der Waals surface area contributed by atoms with E-state index in [-0.39, 0.29) is 6.79 Å². The van der Waals surface area contributed by atoms with Crippen LogP contribution in [0.15, 0.2) is 24.5 Å². The number of methoxy groups -OCH3 is 3. The number of halogens is 1. The first-order chi connectivity index (χ1) is 16.2. The van der Waals surface area contributed by atoms with E-state index in [1.54, 1.807) is 39.5 Å². The standard InChI is InChI=1S/C23H22ClN3O6/c1-28-6-4-5-14-9-16(24)20(22-21(14)32-13-33-22)27-23-15-10-18(30-3)19(31-8-7-29-2)11-17(15)25-12-26-23/h9-12H,6-8,13H2,1-3H3,(H,25,26,27). The van der Waals surface area contributed by atoms with Crippen molar-refractivity contribution in [1.82, 2.24) is 9.97 Å². The molecule has 0 amide bonds. The molecule has 1 aromatic heterocycles. The van der Waals surface area contributed by atoms with Gasteiger partial charge in [-0.3, -0.25) is 0 Å². The van der Waals surface area contributed by atoms with E-state index in [9.17, 15) is 0 Å². The number of hydrogen-bond acceptors (Lipinski definition) is 9. The second-order valence-electron chi connectivity index (χ2n) is 6.79. The van der Waals surface area contributed by atoms with Crippen molar-refractivity contribution in [2.24, 2.45) is 0 Å². The molecular formula is C23H22ClN3O6. The average Bonchev–Trinajstić information content (AvgIpc) is 3.31. The number of fused-ring (bicyclic) bond motifs is 2. The molecule has 33 heavy (non-hydrogen) atoms. The molecule has 0 atom stereocenters. The van der Waals surface area contributed by atoms with Gasteiger partial charge in [0.1, 0.15) is 31.0 Å². The van der Waals surface area contributed by atoms with Crippen LogP contribution in [0.2, 0.25) is 5.02 Å². The van der Waals surface area contributed by atoms with Crippen LogP contribution in [0.4, 0.5) is 11.5 Å². The molecule has 2 heterocycles. The quantitative estimate of drug-likeness (QED) is 0.389. The van der Waals surface area contributed by atoms with Crippen LogP contribution >= 0.6 is 11.6 Å². The number of aromatic nitrogens is 2. The monoisotopic (exact) mass is 471 g/mol. The highest BCUT2D eigenvalue weighted by Gasteiger charge is 2.25. The Labute approximate surface area is 195 Å². The minimum absolute atomic E-state index is 0.0594. The minimum atomic E-state index is 0.0594. The Morgan fingerprint density at radius 1 is 1.03 bits per heavy atom. The number of nitrogens with one attached hydrogen (secondary N) is 1. The predicted octanol–water partition coefficient (Wildman–Crippen LogP) is 3.79. The molecule has 0 radical (unpaired) electrons. The van der Waals surface area contributed by atoms with Crippen molar-refractivity contribution in [3.05, 3.63) is 35.1 Å². The summed E-state index contributed by atoms with van der Waals surface area (Å²) in [5.41, 5.74) is 1.79. The molecule has 1 N–H and O–H groups in total. The van der Waals surface area contributed by atoms with Gasteiger partial charge in [-0.05, 0) is 12.1 Å². The third kappa shape index (κ3) is 4.83. The van der Waals surface area contributed by atoms with Crippen molar-refractivity contribution in [2.75, 3.05) is 53.3 Å². The maximum Gasteiger partial charge on any atom is 0.231 e. The first-order valence-electron chi connectivity index (χ1n) is 9.97. The lowest BCUT2D eigenvalue weighted by Crippen LogP contribution is -2.06. The Morgan fingerprint density at radius 2 is 1.88 bits per heavy atom. The van der Waals surface area contributed by atoms with Gasteiger partial charge < -0.3 is 33.7 Å². The summed E-state index contributed by atoms with van der Waals surface area (Å²) >= 11 is 6.58. The van der Waals surface area contributed by atoms with E-state index >= 15 is 0 Å². The number of rotatable bonds is 8. The Hall–Kier alpha value is -3.45. The number of ether oxygens (including phenoxy) is 6. The van der Waals surface area contributed by atoms with E-state index in [4.69, 9.17) is 40.0 Å². The smallest absolute Gasteiger partial charge is 0.231 e. The lowest BCUT2D eigenvalue weighted by Gasteiger charge is -2.15. The van der Waals surface area contributed by atoms with Crippen LogP contribution in [-0.4, -0.2) is 57.9 Å². The number of benzene rings is 2. The van der Waals surface area contributed by atoms with Gasteiger partial charge in [0.2, 0.25) is 6.79 Å². The van der Waals surface area contributed by atoms with Crippen molar-refractivity contribution < 1.29 is 28.4 Å². The highest BCUT2D eigenvalue weighted by atomic mass is 35.5. The van der Waals surface area contributed by atoms with Crippen molar-refractivity contribution >= 4 is 34.0 Å². The van der Waals surface area contributed by atoms with Crippen LogP contribution in [0.5, 0.6) is 23.0 Å². The summed E-state index contributed by atoms with van der Waals surface area (Å²) < 4.78 is 32.6. The summed E-state index contributed by atoms with van der Waals surface area (Å²) in [6, 6.07) is 5.30. The molecular weight excluding hydrogens is 450 g/mol. The number of hydrogen-bond donors (Lipinski definition) is 1. The van der Waals surface area contributed by atoms with Gasteiger partial charge in [-0.2, -0.15) is 0 Å². The fourth-order valence-electron chi connectivity index (χ4n) is 3.24. The Kier molecular flexibility index (Phi) is 7.19. The second-order valence-corrected chi connectivity index (χ2v) is 7.20. The maximum atomic E-state index is 6.58. The molecule has 1 aliphatic heterocycles. The molecule has 0 saturated carbocycles. The third-order valence-electron chi connectivity index (χ3n) is 4.74. The molecule has 3 aromatic rings. The predicted molar refractivity (Wildman–Crippen MR) is 123 cm³/mol. The zero-order chi connectivity index (χ0) is 23.2. The molecule has 0 unspecified atom stereocenters. The van der Waals surface area contributed by atoms with Crippen LogP contribution in [-0.2, 0) is 9.47 Å². The zero-order valence-electron chi connectivity index (χ0n) is 18.4. The summed E-state index contributed by atoms with van der Waals surface area (Å²) in [5.74, 6) is 8.47. The van der Waals surface area contributed by atoms with Crippen molar-refractivity contribution in [3.63, 3.8) is 0 Å². The summed E-state index contributed by atoms with van der Waals surface area (Å²) in [4.78, 5) is 8.76. The van der Waals surface area contributed by atoms with Gasteiger partial charge in [0.05, 0.1) is 29.8 Å². The molecule has 172 valence electrons. The molecule has 1 aliphatic rings. The van der Waals surface area contributed by atoms with Crippen LogP contribution in [0.3, 0.4) is 0 Å². The van der Waals surface area contributed by atoms with Gasteiger partial charge in [-0.1, -0.05) is 23.4 Å². The third-order valence-corrected chi connectivity index (χ3v) is 5.04. The summed E-state index contributed by atoms with van der Waals surface area (Å²) in [7, 11) is 4.76. The largest absolute Gasteiger partial charge is 0.493 e. The van der Waals surface area contributed by atoms with Crippen LogP contribution in [0, 0.1) is 11.8 Å². The molecule has 0 fully saturated rings. The van der Waals surface area contributed by atoms with Gasteiger partial charge in [0.25, 0.3) is 0 Å². The zero-order valence-corrected chi connectivity index (χ0v) is 19.1. The summed E-state index contributed by atoms with van der Waals surface area (Å²) in [6.45, 7) is 1.19. The summed E-state index contributed by atoms with van der Waals surface area (Å²) in [6.07, 6.45) is 1.45. The maximum absolute atomic E-state index is 6.58. The van der Waals surface area contributed by atoms with Gasteiger partial charge in [-0.15, -0.1) is 0 Å². The van der Waals surface area contributed by atoms with E-state index in [2.05, 4.69) is 27.1 Å². The van der Waals surface area contributed by atoms with E-state index in [1.807, 2.05) is 0 Å². The Bertz CT molecular complexity index is 1220. The lowest BCUT2D eigenvalue weighted by atomic mass is 10.1. The average molecular weight is 472 g/mol. The van der Waals surface area contributed by atoms with Gasteiger partial charge in [-0.25, -0.2) is 9.97 Å². The van der Waals surface area contributed by atoms with Gasteiger partial charge in [0.15, 0.2) is 23.0 Å². The molecule has 0 saturated heterocycles. The van der Waals surface area contributed by atoms with Crippen molar-refractivity contribution in [2.45, 2.75) is 0 Å². The highest BCUT2D eigenvalue weighted by Crippen LogP contribution is 2.47. The molecule has 4 rings (SSSR count). The van der Waals surface area contributed by atoms with E-state index in [1.165, 1.54) is 6.33 Å². The van der Waals surface area contributed by atoms with Crippen molar-refractivity contribution in [3.8, 4) is 34.8 Å².